The molecular formula is C17H25N3S. The molecule has 3 nitrogen and oxygen atoms in total. The van der Waals surface area contributed by atoms with E-state index in [4.69, 9.17) is 5.73 Å². The summed E-state index contributed by atoms with van der Waals surface area (Å²) >= 11 is 1.85. The Kier molecular flexibility index (Phi) is 5.51. The summed E-state index contributed by atoms with van der Waals surface area (Å²) in [7, 11) is 0. The Hall–Kier alpha value is -1.23. The van der Waals surface area contributed by atoms with Gasteiger partial charge in [-0.05, 0) is 51.1 Å². The Morgan fingerprint density at radius 3 is 2.57 bits per heavy atom. The minimum Gasteiger partial charge on any atom is -0.329 e. The predicted molar refractivity (Wildman–Crippen MR) is 90.6 cm³/mol. The lowest BCUT2D eigenvalue weighted by Crippen LogP contribution is -2.33. The smallest absolute Gasteiger partial charge is 0.0547 e. The third-order valence-corrected chi connectivity index (χ3v) is 4.80. The third-order valence-electron chi connectivity index (χ3n) is 3.82. The number of pyridine rings is 1. The molecule has 2 aromatic heterocycles. The zero-order valence-corrected chi connectivity index (χ0v) is 14.2. The first-order valence-corrected chi connectivity index (χ1v) is 8.30. The Bertz CT molecular complexity index is 591. The minimum atomic E-state index is 0.266. The maximum absolute atomic E-state index is 6.09. The standard InChI is InChI=1S/C17H25N3S/c1-5-20(11-15-8-6-7-12(2)19-15)17(10-18)16-9-13(3)21-14(16)4/h6-9,17H,5,10-11,18H2,1-4H3. The fraction of sp³-hybridized carbons (Fsp3) is 0.471. The van der Waals surface area contributed by atoms with E-state index in [0.717, 1.165) is 24.5 Å². The molecule has 114 valence electrons. The van der Waals surface area contributed by atoms with E-state index in [1.807, 2.05) is 24.3 Å². The molecule has 4 heteroatoms. The molecule has 0 aliphatic heterocycles. The summed E-state index contributed by atoms with van der Waals surface area (Å²) in [6.45, 7) is 11.0. The summed E-state index contributed by atoms with van der Waals surface area (Å²) in [5.41, 5.74) is 9.63. The van der Waals surface area contributed by atoms with Crippen LogP contribution in [0.25, 0.3) is 0 Å². The predicted octanol–water partition coefficient (Wildman–Crippen LogP) is 3.59. The fourth-order valence-electron chi connectivity index (χ4n) is 2.79. The Morgan fingerprint density at radius 2 is 2.05 bits per heavy atom. The highest BCUT2D eigenvalue weighted by Gasteiger charge is 2.21. The molecule has 0 saturated heterocycles. The number of hydrogen-bond acceptors (Lipinski definition) is 4. The van der Waals surface area contributed by atoms with Crippen LogP contribution in [0.5, 0.6) is 0 Å². The molecule has 0 bridgehead atoms. The quantitative estimate of drug-likeness (QED) is 0.886. The van der Waals surface area contributed by atoms with E-state index in [9.17, 15) is 0 Å². The molecule has 0 aliphatic rings. The normalized spacial score (nSPS) is 12.9. The van der Waals surface area contributed by atoms with Gasteiger partial charge in [-0.1, -0.05) is 13.0 Å². The van der Waals surface area contributed by atoms with E-state index < -0.39 is 0 Å². The second-order valence-electron chi connectivity index (χ2n) is 5.45. The van der Waals surface area contributed by atoms with Crippen LogP contribution in [0.3, 0.4) is 0 Å². The molecule has 0 aromatic carbocycles. The summed E-state index contributed by atoms with van der Waals surface area (Å²) in [5, 5.41) is 0. The van der Waals surface area contributed by atoms with E-state index in [-0.39, 0.29) is 6.04 Å². The van der Waals surface area contributed by atoms with Gasteiger partial charge in [0.1, 0.15) is 0 Å². The van der Waals surface area contributed by atoms with E-state index in [1.165, 1.54) is 15.3 Å². The van der Waals surface area contributed by atoms with Crippen molar-refractivity contribution in [3.05, 3.63) is 51.0 Å². The van der Waals surface area contributed by atoms with Gasteiger partial charge < -0.3 is 5.73 Å². The van der Waals surface area contributed by atoms with Crippen molar-refractivity contribution in [2.75, 3.05) is 13.1 Å². The fourth-order valence-corrected chi connectivity index (χ4v) is 3.77. The van der Waals surface area contributed by atoms with E-state index >= 15 is 0 Å². The molecule has 2 heterocycles. The highest BCUT2D eigenvalue weighted by Crippen LogP contribution is 2.30. The van der Waals surface area contributed by atoms with Gasteiger partial charge in [-0.2, -0.15) is 0 Å². The zero-order chi connectivity index (χ0) is 15.4. The number of likely N-dealkylation sites (N-methyl/N-ethyl adjacent to an activating group) is 1. The Morgan fingerprint density at radius 1 is 1.29 bits per heavy atom. The molecule has 21 heavy (non-hydrogen) atoms. The number of aromatic nitrogens is 1. The lowest BCUT2D eigenvalue weighted by molar-refractivity contribution is 0.201. The minimum absolute atomic E-state index is 0.266. The van der Waals surface area contributed by atoms with E-state index in [2.05, 4.69) is 48.9 Å². The van der Waals surface area contributed by atoms with Gasteiger partial charge in [-0.15, -0.1) is 11.3 Å². The van der Waals surface area contributed by atoms with E-state index in [1.54, 1.807) is 0 Å². The van der Waals surface area contributed by atoms with Gasteiger partial charge in [0.25, 0.3) is 0 Å². The molecule has 0 amide bonds. The topological polar surface area (TPSA) is 42.2 Å². The average Bonchev–Trinajstić information content (AvgIpc) is 2.77. The van der Waals surface area contributed by atoms with Crippen LogP contribution in [0.4, 0.5) is 0 Å². The van der Waals surface area contributed by atoms with Crippen LogP contribution < -0.4 is 5.73 Å². The van der Waals surface area contributed by atoms with Gasteiger partial charge in [0.2, 0.25) is 0 Å². The number of hydrogen-bond donors (Lipinski definition) is 1. The first kappa shape index (κ1) is 16.1. The molecule has 0 aliphatic carbocycles. The summed E-state index contributed by atoms with van der Waals surface area (Å²) < 4.78 is 0. The summed E-state index contributed by atoms with van der Waals surface area (Å²) in [6, 6.07) is 8.75. The van der Waals surface area contributed by atoms with Crippen molar-refractivity contribution in [2.24, 2.45) is 5.73 Å². The van der Waals surface area contributed by atoms with Gasteiger partial charge in [0.05, 0.1) is 5.69 Å². The second kappa shape index (κ2) is 7.16. The van der Waals surface area contributed by atoms with Gasteiger partial charge in [0.15, 0.2) is 0 Å². The van der Waals surface area contributed by atoms with Crippen LogP contribution in [0.1, 0.15) is 39.7 Å². The Labute approximate surface area is 131 Å². The van der Waals surface area contributed by atoms with Crippen LogP contribution in [0.2, 0.25) is 0 Å². The van der Waals surface area contributed by atoms with Crippen molar-refractivity contribution < 1.29 is 0 Å². The first-order chi connectivity index (χ1) is 10.0. The molecule has 0 radical (unpaired) electrons. The van der Waals surface area contributed by atoms with Crippen LogP contribution in [0, 0.1) is 20.8 Å². The molecule has 1 unspecified atom stereocenters. The number of nitrogens with two attached hydrogens (primary N) is 1. The van der Waals surface area contributed by atoms with Crippen LogP contribution in [-0.2, 0) is 6.54 Å². The molecule has 2 rings (SSSR count). The van der Waals surface area contributed by atoms with Crippen molar-refractivity contribution in [1.82, 2.24) is 9.88 Å². The van der Waals surface area contributed by atoms with Gasteiger partial charge in [-0.25, -0.2) is 0 Å². The lowest BCUT2D eigenvalue weighted by Gasteiger charge is -2.30. The largest absolute Gasteiger partial charge is 0.329 e. The highest BCUT2D eigenvalue weighted by atomic mass is 32.1. The summed E-state index contributed by atoms with van der Waals surface area (Å²) in [5.74, 6) is 0. The average molecular weight is 303 g/mol. The van der Waals surface area contributed by atoms with Crippen LogP contribution in [-0.4, -0.2) is 23.0 Å². The van der Waals surface area contributed by atoms with Crippen molar-refractivity contribution in [3.63, 3.8) is 0 Å². The molecular weight excluding hydrogens is 278 g/mol. The van der Waals surface area contributed by atoms with Gasteiger partial charge in [-0.3, -0.25) is 9.88 Å². The maximum atomic E-state index is 6.09. The molecule has 0 spiro atoms. The van der Waals surface area contributed by atoms with Crippen LogP contribution in [0.15, 0.2) is 24.3 Å². The lowest BCUT2D eigenvalue weighted by atomic mass is 10.1. The van der Waals surface area contributed by atoms with Gasteiger partial charge in [0, 0.05) is 34.6 Å². The molecule has 0 saturated carbocycles. The number of aryl methyl sites for hydroxylation is 3. The molecule has 0 fully saturated rings. The number of thiophene rings is 1. The summed E-state index contributed by atoms with van der Waals surface area (Å²) in [4.78, 5) is 9.76. The second-order valence-corrected chi connectivity index (χ2v) is 6.91. The molecule has 2 aromatic rings. The zero-order valence-electron chi connectivity index (χ0n) is 13.4. The van der Waals surface area contributed by atoms with Crippen molar-refractivity contribution >= 4 is 11.3 Å². The number of nitrogens with zero attached hydrogens (tertiary/aromatic N) is 2. The molecule has 2 N–H and O–H groups in total. The van der Waals surface area contributed by atoms with Crippen molar-refractivity contribution in [1.29, 1.82) is 0 Å². The van der Waals surface area contributed by atoms with Gasteiger partial charge >= 0.3 is 0 Å². The Balaban J connectivity index is 2.23. The maximum Gasteiger partial charge on any atom is 0.0547 e. The SMILES string of the molecule is CCN(Cc1cccc(C)n1)C(CN)c1cc(C)sc1C. The van der Waals surface area contributed by atoms with Crippen molar-refractivity contribution in [2.45, 2.75) is 40.3 Å². The van der Waals surface area contributed by atoms with Crippen molar-refractivity contribution in [3.8, 4) is 0 Å². The van der Waals surface area contributed by atoms with E-state index in [0.29, 0.717) is 6.54 Å². The van der Waals surface area contributed by atoms with Crippen LogP contribution >= 0.6 is 11.3 Å². The highest BCUT2D eigenvalue weighted by molar-refractivity contribution is 7.12. The number of rotatable bonds is 6. The summed E-state index contributed by atoms with van der Waals surface area (Å²) in [6.07, 6.45) is 0. The first-order valence-electron chi connectivity index (χ1n) is 7.48. The third kappa shape index (κ3) is 3.90. The molecule has 1 atom stereocenters. The monoisotopic (exact) mass is 303 g/mol.